The molecule has 4 heterocycles. The number of rotatable bonds is 4. The van der Waals surface area contributed by atoms with Gasteiger partial charge in [-0.25, -0.2) is 0 Å². The molecule has 3 saturated heterocycles. The minimum atomic E-state index is -0.257. The monoisotopic (exact) mass is 359 g/mol. The lowest BCUT2D eigenvalue weighted by Crippen LogP contribution is -2.43. The number of carbonyl (C=O) groups is 1. The summed E-state index contributed by atoms with van der Waals surface area (Å²) in [5.74, 6) is 0.0319. The molecule has 1 aromatic heterocycles. The lowest BCUT2D eigenvalue weighted by atomic mass is 9.76. The number of pyridine rings is 1. The number of carbonyl (C=O) groups excluding carboxylic acids is 1. The van der Waals surface area contributed by atoms with Crippen molar-refractivity contribution < 1.29 is 14.3 Å². The first-order valence-corrected chi connectivity index (χ1v) is 9.79. The van der Waals surface area contributed by atoms with Gasteiger partial charge in [-0.1, -0.05) is 6.07 Å². The van der Waals surface area contributed by atoms with Crippen molar-refractivity contribution in [1.82, 2.24) is 14.8 Å². The van der Waals surface area contributed by atoms with Gasteiger partial charge in [0, 0.05) is 38.8 Å². The second kappa shape index (κ2) is 7.62. The average molecular weight is 359 g/mol. The van der Waals surface area contributed by atoms with E-state index in [9.17, 15) is 4.79 Å². The minimum absolute atomic E-state index is 0.0319. The van der Waals surface area contributed by atoms with Crippen LogP contribution in [-0.4, -0.2) is 72.8 Å². The fraction of sp³-hybridized carbons (Fsp3) is 0.700. The minimum Gasteiger partial charge on any atom is -0.461 e. The molecule has 3 aliphatic heterocycles. The van der Waals surface area contributed by atoms with Crippen LogP contribution in [0.5, 0.6) is 0 Å². The highest BCUT2D eigenvalue weighted by Gasteiger charge is 2.50. The van der Waals surface area contributed by atoms with Gasteiger partial charge in [0.15, 0.2) is 0 Å². The number of aromatic nitrogens is 1. The SMILES string of the molecule is Cc1cccnc1CN1CCC2(CC1)CC(CN1CCOCC1)OC2=O. The first-order chi connectivity index (χ1) is 12.6. The number of hydrogen-bond donors (Lipinski definition) is 0. The lowest BCUT2D eigenvalue weighted by molar-refractivity contribution is -0.151. The average Bonchev–Trinajstić information content (AvgIpc) is 2.95. The van der Waals surface area contributed by atoms with Gasteiger partial charge in [0.1, 0.15) is 6.10 Å². The highest BCUT2D eigenvalue weighted by atomic mass is 16.6. The van der Waals surface area contributed by atoms with Crippen molar-refractivity contribution in [2.75, 3.05) is 45.9 Å². The summed E-state index contributed by atoms with van der Waals surface area (Å²) in [7, 11) is 0. The molecule has 1 aromatic rings. The fourth-order valence-electron chi connectivity index (χ4n) is 4.45. The van der Waals surface area contributed by atoms with Crippen LogP contribution in [0.3, 0.4) is 0 Å². The first kappa shape index (κ1) is 17.9. The molecule has 3 fully saturated rings. The van der Waals surface area contributed by atoms with Gasteiger partial charge in [-0.2, -0.15) is 0 Å². The molecule has 26 heavy (non-hydrogen) atoms. The number of likely N-dealkylation sites (tertiary alicyclic amines) is 1. The predicted octanol–water partition coefficient (Wildman–Crippen LogP) is 1.62. The third-order valence-electron chi connectivity index (χ3n) is 6.20. The van der Waals surface area contributed by atoms with E-state index in [0.717, 1.165) is 77.4 Å². The van der Waals surface area contributed by atoms with E-state index in [1.165, 1.54) is 5.56 Å². The Morgan fingerprint density at radius 1 is 1.19 bits per heavy atom. The van der Waals surface area contributed by atoms with Crippen LogP contribution >= 0.6 is 0 Å². The highest BCUT2D eigenvalue weighted by Crippen LogP contribution is 2.43. The Balaban J connectivity index is 1.31. The van der Waals surface area contributed by atoms with Crippen molar-refractivity contribution >= 4 is 5.97 Å². The number of cyclic esters (lactones) is 1. The largest absolute Gasteiger partial charge is 0.461 e. The molecule has 4 rings (SSSR count). The fourth-order valence-corrected chi connectivity index (χ4v) is 4.45. The zero-order valence-corrected chi connectivity index (χ0v) is 15.7. The van der Waals surface area contributed by atoms with Crippen LogP contribution in [0.1, 0.15) is 30.5 Å². The molecule has 3 aliphatic rings. The van der Waals surface area contributed by atoms with E-state index in [4.69, 9.17) is 9.47 Å². The van der Waals surface area contributed by atoms with Crippen LogP contribution in [0, 0.1) is 12.3 Å². The van der Waals surface area contributed by atoms with Crippen LogP contribution < -0.4 is 0 Å². The quantitative estimate of drug-likeness (QED) is 0.762. The van der Waals surface area contributed by atoms with Crippen molar-refractivity contribution in [3.05, 3.63) is 29.6 Å². The number of morpholine rings is 1. The molecule has 0 bridgehead atoms. The summed E-state index contributed by atoms with van der Waals surface area (Å²) in [5.41, 5.74) is 2.12. The molecule has 6 heteroatoms. The van der Waals surface area contributed by atoms with Crippen LogP contribution in [-0.2, 0) is 20.8 Å². The number of aryl methyl sites for hydroxylation is 1. The Hall–Kier alpha value is -1.50. The normalized spacial score (nSPS) is 27.0. The molecular weight excluding hydrogens is 330 g/mol. The second-order valence-corrected chi connectivity index (χ2v) is 7.97. The maximum absolute atomic E-state index is 12.6. The third-order valence-corrected chi connectivity index (χ3v) is 6.20. The van der Waals surface area contributed by atoms with Crippen LogP contribution in [0.15, 0.2) is 18.3 Å². The summed E-state index contributed by atoms with van der Waals surface area (Å²) in [6.07, 6.45) is 4.58. The number of nitrogens with zero attached hydrogens (tertiary/aromatic N) is 3. The number of ether oxygens (including phenoxy) is 2. The Labute approximate surface area is 155 Å². The van der Waals surface area contributed by atoms with Gasteiger partial charge >= 0.3 is 5.97 Å². The molecule has 0 radical (unpaired) electrons. The standard InChI is InChI=1S/C20H29N3O3/c1-16-3-2-6-21-18(16)15-22-7-4-20(5-8-22)13-17(26-19(20)24)14-23-9-11-25-12-10-23/h2-3,6,17H,4-5,7-15H2,1H3. The van der Waals surface area contributed by atoms with Gasteiger partial charge in [0.25, 0.3) is 0 Å². The van der Waals surface area contributed by atoms with Crippen LogP contribution in [0.4, 0.5) is 0 Å². The van der Waals surface area contributed by atoms with Gasteiger partial charge < -0.3 is 9.47 Å². The van der Waals surface area contributed by atoms with E-state index in [2.05, 4.69) is 27.8 Å². The van der Waals surface area contributed by atoms with E-state index in [1.54, 1.807) is 0 Å². The van der Waals surface area contributed by atoms with E-state index < -0.39 is 0 Å². The first-order valence-electron chi connectivity index (χ1n) is 9.79. The van der Waals surface area contributed by atoms with Crippen LogP contribution in [0.25, 0.3) is 0 Å². The Bertz CT molecular complexity index is 637. The summed E-state index contributed by atoms with van der Waals surface area (Å²) in [6, 6.07) is 4.09. The molecule has 0 aromatic carbocycles. The van der Waals surface area contributed by atoms with Crippen molar-refractivity contribution in [3.63, 3.8) is 0 Å². The van der Waals surface area contributed by atoms with E-state index in [1.807, 2.05) is 12.3 Å². The zero-order chi connectivity index (χ0) is 18.0. The maximum Gasteiger partial charge on any atom is 0.312 e. The van der Waals surface area contributed by atoms with Gasteiger partial charge in [-0.3, -0.25) is 19.6 Å². The third kappa shape index (κ3) is 3.77. The number of esters is 1. The molecular formula is C20H29N3O3. The lowest BCUT2D eigenvalue weighted by Gasteiger charge is -2.36. The van der Waals surface area contributed by atoms with Crippen molar-refractivity contribution in [2.24, 2.45) is 5.41 Å². The highest BCUT2D eigenvalue weighted by molar-refractivity contribution is 5.79. The van der Waals surface area contributed by atoms with E-state index in [0.29, 0.717) is 0 Å². The molecule has 6 nitrogen and oxygen atoms in total. The van der Waals surface area contributed by atoms with Gasteiger partial charge in [0.2, 0.25) is 0 Å². The van der Waals surface area contributed by atoms with Crippen molar-refractivity contribution in [1.29, 1.82) is 0 Å². The van der Waals surface area contributed by atoms with Gasteiger partial charge in [-0.05, 0) is 44.5 Å². The van der Waals surface area contributed by atoms with Gasteiger partial charge in [-0.15, -0.1) is 0 Å². The van der Waals surface area contributed by atoms with E-state index >= 15 is 0 Å². The second-order valence-electron chi connectivity index (χ2n) is 7.97. The molecule has 0 N–H and O–H groups in total. The van der Waals surface area contributed by atoms with Gasteiger partial charge in [0.05, 0.1) is 24.3 Å². The molecule has 0 aliphatic carbocycles. The summed E-state index contributed by atoms with van der Waals surface area (Å²) in [5, 5.41) is 0. The van der Waals surface area contributed by atoms with Crippen molar-refractivity contribution in [3.8, 4) is 0 Å². The molecule has 1 atom stereocenters. The smallest absolute Gasteiger partial charge is 0.312 e. The molecule has 0 saturated carbocycles. The molecule has 142 valence electrons. The van der Waals surface area contributed by atoms with Crippen LogP contribution in [0.2, 0.25) is 0 Å². The van der Waals surface area contributed by atoms with Crippen molar-refractivity contribution in [2.45, 2.75) is 38.8 Å². The summed E-state index contributed by atoms with van der Waals surface area (Å²) >= 11 is 0. The molecule has 1 unspecified atom stereocenters. The molecule has 0 amide bonds. The maximum atomic E-state index is 12.6. The Morgan fingerprint density at radius 2 is 1.96 bits per heavy atom. The summed E-state index contributed by atoms with van der Waals surface area (Å²) in [4.78, 5) is 21.9. The zero-order valence-electron chi connectivity index (χ0n) is 15.7. The predicted molar refractivity (Wildman–Crippen MR) is 97.7 cm³/mol. The Morgan fingerprint density at radius 3 is 2.69 bits per heavy atom. The van der Waals surface area contributed by atoms with E-state index in [-0.39, 0.29) is 17.5 Å². The molecule has 1 spiro atoms. The number of piperidine rings is 1. The summed E-state index contributed by atoms with van der Waals surface area (Å²) < 4.78 is 11.2. The summed E-state index contributed by atoms with van der Waals surface area (Å²) in [6.45, 7) is 9.17. The number of hydrogen-bond acceptors (Lipinski definition) is 6. The topological polar surface area (TPSA) is 54.9 Å². The Kier molecular flexibility index (Phi) is 5.25.